The first-order chi connectivity index (χ1) is 14.4. The Morgan fingerprint density at radius 2 is 1.93 bits per heavy atom. The van der Waals surface area contributed by atoms with Gasteiger partial charge in [-0.25, -0.2) is 13.2 Å². The van der Waals surface area contributed by atoms with Crippen molar-refractivity contribution in [2.75, 3.05) is 18.0 Å². The van der Waals surface area contributed by atoms with E-state index in [9.17, 15) is 22.8 Å². The molecule has 1 aliphatic heterocycles. The van der Waals surface area contributed by atoms with Crippen LogP contribution in [0.4, 0.5) is 18.9 Å². The van der Waals surface area contributed by atoms with Gasteiger partial charge in [0.2, 0.25) is 11.8 Å². The van der Waals surface area contributed by atoms with Gasteiger partial charge in [0.15, 0.2) is 23.1 Å². The fourth-order valence-corrected chi connectivity index (χ4v) is 3.49. The number of nitrogens with one attached hydrogen (secondary N) is 1. The van der Waals surface area contributed by atoms with Crippen LogP contribution in [0.5, 0.6) is 0 Å². The Balaban J connectivity index is 1.31. The third-order valence-electron chi connectivity index (χ3n) is 5.04. The molecule has 0 radical (unpaired) electrons. The van der Waals surface area contributed by atoms with Gasteiger partial charge < -0.3 is 10.2 Å². The summed E-state index contributed by atoms with van der Waals surface area (Å²) in [5.41, 5.74) is 0.639. The topological polar surface area (TPSA) is 79.6 Å². The average Bonchev–Trinajstić information content (AvgIpc) is 3.32. The maximum absolute atomic E-state index is 13.5. The van der Waals surface area contributed by atoms with Crippen LogP contribution in [0.1, 0.15) is 18.7 Å². The third kappa shape index (κ3) is 3.85. The van der Waals surface area contributed by atoms with Crippen molar-refractivity contribution in [2.45, 2.75) is 19.3 Å². The fraction of sp³-hybridized carbons (Fsp3) is 0.300. The number of halogens is 3. The molecule has 1 atom stereocenters. The molecule has 30 heavy (non-hydrogen) atoms. The Kier molecular flexibility index (Phi) is 5.39. The van der Waals surface area contributed by atoms with Crippen molar-refractivity contribution in [1.82, 2.24) is 19.9 Å². The Hall–Kier alpha value is -3.43. The van der Waals surface area contributed by atoms with Crippen LogP contribution >= 0.6 is 0 Å². The Bertz CT molecular complexity index is 1090. The lowest BCUT2D eigenvalue weighted by atomic mass is 10.1. The van der Waals surface area contributed by atoms with E-state index in [1.807, 2.05) is 28.8 Å². The molecule has 10 heteroatoms. The molecular formula is C20H18F3N5O2. The predicted octanol–water partition coefficient (Wildman–Crippen LogP) is 2.25. The first-order valence-corrected chi connectivity index (χ1v) is 9.45. The molecule has 7 nitrogen and oxygen atoms in total. The predicted molar refractivity (Wildman–Crippen MR) is 101 cm³/mol. The molecule has 0 aliphatic carbocycles. The summed E-state index contributed by atoms with van der Waals surface area (Å²) < 4.78 is 41.9. The van der Waals surface area contributed by atoms with Gasteiger partial charge in [-0.15, -0.1) is 10.2 Å². The number of benzene rings is 1. The van der Waals surface area contributed by atoms with E-state index in [-0.39, 0.29) is 24.6 Å². The van der Waals surface area contributed by atoms with Crippen LogP contribution in [0.25, 0.3) is 5.65 Å². The number of carbonyl (C=O) groups excluding carboxylic acids is 2. The first-order valence-electron chi connectivity index (χ1n) is 9.45. The summed E-state index contributed by atoms with van der Waals surface area (Å²) in [4.78, 5) is 25.7. The molecule has 1 aromatic carbocycles. The number of fused-ring (bicyclic) bond motifs is 1. The van der Waals surface area contributed by atoms with E-state index in [4.69, 9.17) is 0 Å². The molecule has 2 aromatic heterocycles. The van der Waals surface area contributed by atoms with Crippen LogP contribution in [0.2, 0.25) is 0 Å². The lowest BCUT2D eigenvalue weighted by Crippen LogP contribution is -2.33. The van der Waals surface area contributed by atoms with Crippen LogP contribution in [-0.4, -0.2) is 39.5 Å². The second-order valence-electron chi connectivity index (χ2n) is 7.07. The molecule has 0 unspecified atom stereocenters. The normalized spacial score (nSPS) is 16.4. The van der Waals surface area contributed by atoms with Gasteiger partial charge >= 0.3 is 0 Å². The average molecular weight is 417 g/mol. The highest BCUT2D eigenvalue weighted by Crippen LogP contribution is 2.28. The molecular weight excluding hydrogens is 399 g/mol. The van der Waals surface area contributed by atoms with E-state index in [2.05, 4.69) is 15.5 Å². The fourth-order valence-electron chi connectivity index (χ4n) is 3.49. The third-order valence-corrected chi connectivity index (χ3v) is 5.04. The largest absolute Gasteiger partial charge is 0.356 e. The highest BCUT2D eigenvalue weighted by Gasteiger charge is 2.35. The molecule has 1 saturated heterocycles. The summed E-state index contributed by atoms with van der Waals surface area (Å²) in [6, 6.07) is 7.09. The molecule has 4 rings (SSSR count). The lowest BCUT2D eigenvalue weighted by molar-refractivity contribution is -0.126. The van der Waals surface area contributed by atoms with E-state index in [0.717, 1.165) is 28.5 Å². The number of aromatic nitrogens is 3. The smallest absolute Gasteiger partial charge is 0.227 e. The van der Waals surface area contributed by atoms with Gasteiger partial charge in [-0.3, -0.25) is 14.0 Å². The number of nitrogens with zero attached hydrogens (tertiary/aromatic N) is 4. The summed E-state index contributed by atoms with van der Waals surface area (Å²) >= 11 is 0. The zero-order valence-electron chi connectivity index (χ0n) is 15.8. The number of amides is 2. The van der Waals surface area contributed by atoms with Gasteiger partial charge in [0, 0.05) is 49.9 Å². The number of anilines is 1. The Morgan fingerprint density at radius 1 is 1.17 bits per heavy atom. The van der Waals surface area contributed by atoms with E-state index < -0.39 is 29.3 Å². The monoisotopic (exact) mass is 417 g/mol. The summed E-state index contributed by atoms with van der Waals surface area (Å²) in [6.07, 6.45) is 3.01. The van der Waals surface area contributed by atoms with Crippen LogP contribution in [0, 0.1) is 23.4 Å². The molecule has 156 valence electrons. The lowest BCUT2D eigenvalue weighted by Gasteiger charge is -2.17. The summed E-state index contributed by atoms with van der Waals surface area (Å²) in [5.74, 6) is -5.00. The van der Waals surface area contributed by atoms with Crippen molar-refractivity contribution in [3.05, 3.63) is 59.8 Å². The van der Waals surface area contributed by atoms with E-state index in [1.165, 1.54) is 0 Å². The SMILES string of the molecule is O=C(NCCCc1nnc2ccccn12)[C@@H]1CC(=O)N(c2cc(F)c(F)c(F)c2)C1. The number of hydrogen-bond acceptors (Lipinski definition) is 4. The van der Waals surface area contributed by atoms with Crippen LogP contribution < -0.4 is 10.2 Å². The highest BCUT2D eigenvalue weighted by molar-refractivity contribution is 6.00. The van der Waals surface area contributed by atoms with Gasteiger partial charge in [-0.1, -0.05) is 6.07 Å². The van der Waals surface area contributed by atoms with Crippen LogP contribution in [0.15, 0.2) is 36.5 Å². The standard InChI is InChI=1S/C20H18F3N5O2/c21-14-9-13(10-15(22)19(14)23)28-11-12(8-18(28)29)20(30)24-6-3-5-17-26-25-16-4-1-2-7-27(16)17/h1-2,4,7,9-10,12H,3,5-6,8,11H2,(H,24,30)/t12-/m1/s1. The Morgan fingerprint density at radius 3 is 2.70 bits per heavy atom. The van der Waals surface area contributed by atoms with Crippen molar-refractivity contribution >= 4 is 23.1 Å². The summed E-state index contributed by atoms with van der Waals surface area (Å²) in [5, 5.41) is 11.0. The second kappa shape index (κ2) is 8.13. The minimum absolute atomic E-state index is 0.0238. The van der Waals surface area contributed by atoms with Crippen molar-refractivity contribution in [3.63, 3.8) is 0 Å². The molecule has 1 fully saturated rings. The first kappa shape index (κ1) is 19.9. The number of rotatable bonds is 6. The van der Waals surface area contributed by atoms with Gasteiger partial charge in [0.25, 0.3) is 0 Å². The van der Waals surface area contributed by atoms with Gasteiger partial charge in [0.1, 0.15) is 5.82 Å². The molecule has 1 N–H and O–H groups in total. The molecule has 2 amide bonds. The van der Waals surface area contributed by atoms with E-state index in [0.29, 0.717) is 19.4 Å². The zero-order valence-corrected chi connectivity index (χ0v) is 15.8. The molecule has 0 saturated carbocycles. The minimum atomic E-state index is -1.60. The van der Waals surface area contributed by atoms with E-state index in [1.54, 1.807) is 0 Å². The van der Waals surface area contributed by atoms with Crippen molar-refractivity contribution in [3.8, 4) is 0 Å². The van der Waals surface area contributed by atoms with E-state index >= 15 is 0 Å². The van der Waals surface area contributed by atoms with Crippen LogP contribution in [0.3, 0.4) is 0 Å². The molecule has 3 aromatic rings. The zero-order chi connectivity index (χ0) is 21.3. The quantitative estimate of drug-likeness (QED) is 0.493. The van der Waals surface area contributed by atoms with Gasteiger partial charge in [-0.2, -0.15) is 0 Å². The minimum Gasteiger partial charge on any atom is -0.356 e. The Labute approximate surface area is 169 Å². The summed E-state index contributed by atoms with van der Waals surface area (Å²) in [6.45, 7) is 0.356. The number of pyridine rings is 1. The number of aryl methyl sites for hydroxylation is 1. The van der Waals surface area contributed by atoms with Crippen LogP contribution in [-0.2, 0) is 16.0 Å². The van der Waals surface area contributed by atoms with Crippen molar-refractivity contribution in [1.29, 1.82) is 0 Å². The molecule has 1 aliphatic rings. The van der Waals surface area contributed by atoms with Crippen molar-refractivity contribution in [2.24, 2.45) is 5.92 Å². The summed E-state index contributed by atoms with van der Waals surface area (Å²) in [7, 11) is 0. The molecule has 3 heterocycles. The number of hydrogen-bond donors (Lipinski definition) is 1. The maximum Gasteiger partial charge on any atom is 0.227 e. The van der Waals surface area contributed by atoms with Gasteiger partial charge in [0.05, 0.1) is 5.92 Å². The maximum atomic E-state index is 13.5. The highest BCUT2D eigenvalue weighted by atomic mass is 19.2. The molecule has 0 bridgehead atoms. The second-order valence-corrected chi connectivity index (χ2v) is 7.07. The van der Waals surface area contributed by atoms with Gasteiger partial charge in [-0.05, 0) is 18.6 Å². The number of carbonyl (C=O) groups is 2. The van der Waals surface area contributed by atoms with Crippen molar-refractivity contribution < 1.29 is 22.8 Å². The molecule has 0 spiro atoms.